The number of nitrogen functional groups attached to an aromatic ring is 1. The summed E-state index contributed by atoms with van der Waals surface area (Å²) in [6.45, 7) is 4.56. The van der Waals surface area contributed by atoms with Crippen molar-refractivity contribution < 1.29 is 14.3 Å². The van der Waals surface area contributed by atoms with Gasteiger partial charge in [-0.2, -0.15) is 0 Å². The molecule has 0 unspecified atom stereocenters. The highest BCUT2D eigenvalue weighted by atomic mass is 16.5. The van der Waals surface area contributed by atoms with Gasteiger partial charge in [0, 0.05) is 13.0 Å². The maximum Gasteiger partial charge on any atom is 0.363 e. The maximum absolute atomic E-state index is 11.8. The molecule has 118 valence electrons. The van der Waals surface area contributed by atoms with Crippen molar-refractivity contribution in [3.05, 3.63) is 36.0 Å². The van der Waals surface area contributed by atoms with Crippen LogP contribution in [0, 0.1) is 0 Å². The average Bonchev–Trinajstić information content (AvgIpc) is 2.85. The number of nitrogens with zero attached hydrogens (tertiary/aromatic N) is 3. The van der Waals surface area contributed by atoms with E-state index in [1.54, 1.807) is 13.8 Å². The molecule has 1 aromatic carbocycles. The smallest absolute Gasteiger partial charge is 0.363 e. The van der Waals surface area contributed by atoms with E-state index in [1.165, 1.54) is 4.68 Å². The van der Waals surface area contributed by atoms with Gasteiger partial charge in [0.1, 0.15) is 5.75 Å². The predicted molar refractivity (Wildman–Crippen MR) is 81.5 cm³/mol. The standard InChI is InChI=1S/C15H20N4O3/c1-11(2)22-15(20)13-14(16)19(18-17-13)9-6-10-21-12-7-4-3-5-8-12/h3-5,7-8,11H,6,9-10,16H2,1-2H3. The minimum Gasteiger partial charge on any atom is -0.494 e. The van der Waals surface area contributed by atoms with Gasteiger partial charge in [-0.1, -0.05) is 23.4 Å². The van der Waals surface area contributed by atoms with Crippen molar-refractivity contribution in [3.63, 3.8) is 0 Å². The topological polar surface area (TPSA) is 92.3 Å². The first-order valence-electron chi connectivity index (χ1n) is 7.15. The summed E-state index contributed by atoms with van der Waals surface area (Å²) in [6, 6.07) is 9.54. The van der Waals surface area contributed by atoms with Crippen LogP contribution in [0.3, 0.4) is 0 Å². The minimum atomic E-state index is -0.556. The lowest BCUT2D eigenvalue weighted by Gasteiger charge is -2.07. The number of para-hydroxylation sites is 1. The van der Waals surface area contributed by atoms with E-state index in [9.17, 15) is 4.79 Å². The summed E-state index contributed by atoms with van der Waals surface area (Å²) in [4.78, 5) is 11.8. The molecule has 0 fully saturated rings. The van der Waals surface area contributed by atoms with Gasteiger partial charge >= 0.3 is 5.97 Å². The molecule has 0 aliphatic heterocycles. The van der Waals surface area contributed by atoms with Crippen molar-refractivity contribution in [3.8, 4) is 5.75 Å². The Morgan fingerprint density at radius 1 is 1.32 bits per heavy atom. The number of esters is 1. The maximum atomic E-state index is 11.8. The molecule has 2 N–H and O–H groups in total. The Bertz CT molecular complexity index is 611. The van der Waals surface area contributed by atoms with E-state index in [1.807, 2.05) is 30.3 Å². The third-order valence-corrected chi connectivity index (χ3v) is 2.84. The first-order chi connectivity index (χ1) is 10.6. The molecule has 2 aromatic rings. The number of carbonyl (C=O) groups excluding carboxylic acids is 1. The number of rotatable bonds is 7. The first kappa shape index (κ1) is 15.8. The first-order valence-corrected chi connectivity index (χ1v) is 7.15. The minimum absolute atomic E-state index is 0.0534. The monoisotopic (exact) mass is 304 g/mol. The summed E-state index contributed by atoms with van der Waals surface area (Å²) in [5, 5.41) is 7.65. The van der Waals surface area contributed by atoms with E-state index in [-0.39, 0.29) is 17.6 Å². The van der Waals surface area contributed by atoms with Gasteiger partial charge in [0.05, 0.1) is 12.7 Å². The van der Waals surface area contributed by atoms with Gasteiger partial charge < -0.3 is 15.2 Å². The molecule has 1 aromatic heterocycles. The van der Waals surface area contributed by atoms with Crippen LogP contribution in [0.2, 0.25) is 0 Å². The Morgan fingerprint density at radius 2 is 2.05 bits per heavy atom. The van der Waals surface area contributed by atoms with Crippen LogP contribution in [0.5, 0.6) is 5.75 Å². The van der Waals surface area contributed by atoms with Crippen molar-refractivity contribution in [1.29, 1.82) is 0 Å². The highest BCUT2D eigenvalue weighted by molar-refractivity contribution is 5.91. The molecule has 0 atom stereocenters. The largest absolute Gasteiger partial charge is 0.494 e. The number of aryl methyl sites for hydroxylation is 1. The molecule has 0 saturated heterocycles. The Hall–Kier alpha value is -2.57. The second-order valence-corrected chi connectivity index (χ2v) is 5.02. The third-order valence-electron chi connectivity index (χ3n) is 2.84. The van der Waals surface area contributed by atoms with Crippen molar-refractivity contribution in [2.45, 2.75) is 32.9 Å². The van der Waals surface area contributed by atoms with Crippen LogP contribution in [0.25, 0.3) is 0 Å². The summed E-state index contributed by atoms with van der Waals surface area (Å²) in [5.74, 6) is 0.472. The van der Waals surface area contributed by atoms with Crippen molar-refractivity contribution in [1.82, 2.24) is 15.0 Å². The number of benzene rings is 1. The molecule has 0 bridgehead atoms. The fourth-order valence-corrected chi connectivity index (χ4v) is 1.82. The number of ether oxygens (including phenoxy) is 2. The van der Waals surface area contributed by atoms with Crippen LogP contribution in [0.4, 0.5) is 5.82 Å². The molecule has 0 saturated carbocycles. The van der Waals surface area contributed by atoms with E-state index in [4.69, 9.17) is 15.2 Å². The van der Waals surface area contributed by atoms with Crippen LogP contribution < -0.4 is 10.5 Å². The summed E-state index contributed by atoms with van der Waals surface area (Å²) in [7, 11) is 0. The van der Waals surface area contributed by atoms with Gasteiger partial charge in [-0.15, -0.1) is 5.10 Å². The SMILES string of the molecule is CC(C)OC(=O)c1nnn(CCCOc2ccccc2)c1N. The Balaban J connectivity index is 1.83. The van der Waals surface area contributed by atoms with E-state index in [2.05, 4.69) is 10.3 Å². The van der Waals surface area contributed by atoms with Gasteiger partial charge in [-0.3, -0.25) is 0 Å². The summed E-state index contributed by atoms with van der Waals surface area (Å²) in [6.07, 6.45) is 0.470. The van der Waals surface area contributed by atoms with Crippen LogP contribution in [0.1, 0.15) is 30.8 Å². The van der Waals surface area contributed by atoms with Crippen LogP contribution >= 0.6 is 0 Å². The molecule has 0 spiro atoms. The zero-order chi connectivity index (χ0) is 15.9. The van der Waals surface area contributed by atoms with Gasteiger partial charge in [0.25, 0.3) is 0 Å². The van der Waals surface area contributed by atoms with Gasteiger partial charge in [-0.25, -0.2) is 9.48 Å². The van der Waals surface area contributed by atoms with Crippen LogP contribution in [-0.2, 0) is 11.3 Å². The molecular formula is C15H20N4O3. The quantitative estimate of drug-likeness (QED) is 0.620. The number of hydrogen-bond donors (Lipinski definition) is 1. The Morgan fingerprint density at radius 3 is 2.73 bits per heavy atom. The number of carbonyl (C=O) groups is 1. The normalized spacial score (nSPS) is 10.7. The molecule has 7 heteroatoms. The van der Waals surface area contributed by atoms with E-state index in [0.29, 0.717) is 19.6 Å². The van der Waals surface area contributed by atoms with E-state index in [0.717, 1.165) is 5.75 Å². The average molecular weight is 304 g/mol. The lowest BCUT2D eigenvalue weighted by atomic mass is 10.3. The van der Waals surface area contributed by atoms with Gasteiger partial charge in [-0.05, 0) is 26.0 Å². The predicted octanol–water partition coefficient (Wildman–Crippen LogP) is 1.89. The van der Waals surface area contributed by atoms with Crippen molar-refractivity contribution in [2.24, 2.45) is 0 Å². The second-order valence-electron chi connectivity index (χ2n) is 5.02. The summed E-state index contributed by atoms with van der Waals surface area (Å²) < 4.78 is 12.1. The molecule has 0 aliphatic rings. The van der Waals surface area contributed by atoms with Crippen LogP contribution in [-0.4, -0.2) is 33.7 Å². The lowest BCUT2D eigenvalue weighted by molar-refractivity contribution is 0.0372. The van der Waals surface area contributed by atoms with Gasteiger partial charge in [0.2, 0.25) is 5.69 Å². The number of nitrogens with two attached hydrogens (primary N) is 1. The highest BCUT2D eigenvalue weighted by Crippen LogP contribution is 2.12. The van der Waals surface area contributed by atoms with Gasteiger partial charge in [0.15, 0.2) is 5.82 Å². The van der Waals surface area contributed by atoms with E-state index < -0.39 is 5.97 Å². The second kappa shape index (κ2) is 7.44. The van der Waals surface area contributed by atoms with Crippen molar-refractivity contribution >= 4 is 11.8 Å². The summed E-state index contributed by atoms with van der Waals surface area (Å²) >= 11 is 0. The zero-order valence-corrected chi connectivity index (χ0v) is 12.7. The molecule has 7 nitrogen and oxygen atoms in total. The fraction of sp³-hybridized carbons (Fsp3) is 0.400. The molecule has 1 heterocycles. The molecule has 0 amide bonds. The molecule has 2 rings (SSSR count). The lowest BCUT2D eigenvalue weighted by Crippen LogP contribution is -2.14. The Labute approximate surface area is 129 Å². The molecule has 0 radical (unpaired) electrons. The molecule has 22 heavy (non-hydrogen) atoms. The zero-order valence-electron chi connectivity index (χ0n) is 12.7. The van der Waals surface area contributed by atoms with Crippen molar-refractivity contribution in [2.75, 3.05) is 12.3 Å². The number of hydrogen-bond acceptors (Lipinski definition) is 6. The summed E-state index contributed by atoms with van der Waals surface area (Å²) in [5.41, 5.74) is 5.92. The third kappa shape index (κ3) is 4.21. The fourth-order valence-electron chi connectivity index (χ4n) is 1.82. The van der Waals surface area contributed by atoms with Crippen LogP contribution in [0.15, 0.2) is 30.3 Å². The molecular weight excluding hydrogens is 284 g/mol. The Kier molecular flexibility index (Phi) is 5.35. The number of aromatic nitrogens is 3. The van der Waals surface area contributed by atoms with E-state index >= 15 is 0 Å². The number of anilines is 1. The molecule has 0 aliphatic carbocycles. The highest BCUT2D eigenvalue weighted by Gasteiger charge is 2.19.